The predicted octanol–water partition coefficient (Wildman–Crippen LogP) is 2.01. The summed E-state index contributed by atoms with van der Waals surface area (Å²) in [6.45, 7) is 6.61. The fourth-order valence-corrected chi connectivity index (χ4v) is 4.07. The van der Waals surface area contributed by atoms with Crippen LogP contribution in [0.25, 0.3) is 0 Å². The average Bonchev–Trinajstić information content (AvgIpc) is 3.05. The molecule has 2 saturated heterocycles. The molecule has 3 rings (SSSR count). The van der Waals surface area contributed by atoms with Gasteiger partial charge >= 0.3 is 0 Å². The maximum Gasteiger partial charge on any atom is 0.191 e. The Kier molecular flexibility index (Phi) is 7.10. The van der Waals surface area contributed by atoms with E-state index in [2.05, 4.69) is 57.8 Å². The summed E-state index contributed by atoms with van der Waals surface area (Å²) in [5, 5.41) is 7.08. The number of methoxy groups -OCH3 is 1. The van der Waals surface area contributed by atoms with Gasteiger partial charge in [0, 0.05) is 71.9 Å². The summed E-state index contributed by atoms with van der Waals surface area (Å²) in [7, 11) is 3.63. The lowest BCUT2D eigenvalue weighted by molar-refractivity contribution is -0.0855. The van der Waals surface area contributed by atoms with Gasteiger partial charge in [-0.05, 0) is 18.9 Å². The van der Waals surface area contributed by atoms with Crippen LogP contribution >= 0.6 is 0 Å². The SMILES string of the molecule is CN=C(NCC1(OC)CCOCC1)NC1CC(C)N(Cc2ccccc2)C1. The Balaban J connectivity index is 1.49. The quantitative estimate of drug-likeness (QED) is 0.589. The highest BCUT2D eigenvalue weighted by molar-refractivity contribution is 5.80. The van der Waals surface area contributed by atoms with Crippen LogP contribution in [-0.2, 0) is 16.0 Å². The average molecular weight is 375 g/mol. The van der Waals surface area contributed by atoms with Crippen molar-refractivity contribution in [1.29, 1.82) is 0 Å². The standard InChI is InChI=1S/C21H34N4O2/c1-17-13-19(15-25(17)14-18-7-5-4-6-8-18)24-20(22-2)23-16-21(26-3)9-11-27-12-10-21/h4-8,17,19H,9-16H2,1-3H3,(H2,22,23,24). The fraction of sp³-hybridized carbons (Fsp3) is 0.667. The molecule has 0 radical (unpaired) electrons. The molecule has 2 fully saturated rings. The third kappa shape index (κ3) is 5.43. The third-order valence-corrected chi connectivity index (χ3v) is 5.91. The number of likely N-dealkylation sites (tertiary alicyclic amines) is 1. The minimum absolute atomic E-state index is 0.155. The summed E-state index contributed by atoms with van der Waals surface area (Å²) in [6, 6.07) is 11.7. The lowest BCUT2D eigenvalue weighted by atomic mass is 9.94. The molecule has 2 aliphatic heterocycles. The molecule has 2 heterocycles. The van der Waals surface area contributed by atoms with Gasteiger partial charge in [-0.15, -0.1) is 0 Å². The molecule has 0 aromatic heterocycles. The van der Waals surface area contributed by atoms with Gasteiger partial charge in [0.05, 0.1) is 5.60 Å². The van der Waals surface area contributed by atoms with Crippen LogP contribution in [0.2, 0.25) is 0 Å². The third-order valence-electron chi connectivity index (χ3n) is 5.91. The Labute approximate surface area is 163 Å². The number of guanidine groups is 1. The Bertz CT molecular complexity index is 601. The monoisotopic (exact) mass is 374 g/mol. The van der Waals surface area contributed by atoms with Crippen LogP contribution in [0.15, 0.2) is 35.3 Å². The van der Waals surface area contributed by atoms with Crippen molar-refractivity contribution < 1.29 is 9.47 Å². The summed E-state index contributed by atoms with van der Waals surface area (Å²) >= 11 is 0. The minimum Gasteiger partial charge on any atom is -0.381 e. The van der Waals surface area contributed by atoms with Crippen molar-refractivity contribution in [2.75, 3.05) is 40.5 Å². The highest BCUT2D eigenvalue weighted by Crippen LogP contribution is 2.24. The molecule has 2 aliphatic rings. The number of benzene rings is 1. The van der Waals surface area contributed by atoms with E-state index in [0.29, 0.717) is 12.1 Å². The number of rotatable bonds is 6. The molecule has 6 heteroatoms. The topological polar surface area (TPSA) is 58.1 Å². The number of nitrogens with one attached hydrogen (secondary N) is 2. The molecule has 0 aliphatic carbocycles. The van der Waals surface area contributed by atoms with E-state index in [1.807, 2.05) is 7.05 Å². The molecule has 2 unspecified atom stereocenters. The molecule has 0 amide bonds. The Hall–Kier alpha value is -1.63. The second kappa shape index (κ2) is 9.53. The van der Waals surface area contributed by atoms with Gasteiger partial charge < -0.3 is 20.1 Å². The van der Waals surface area contributed by atoms with Crippen LogP contribution in [0.5, 0.6) is 0 Å². The van der Waals surface area contributed by atoms with E-state index < -0.39 is 0 Å². The van der Waals surface area contributed by atoms with Gasteiger partial charge in [-0.25, -0.2) is 0 Å². The van der Waals surface area contributed by atoms with Crippen molar-refractivity contribution in [2.45, 2.75) is 50.4 Å². The summed E-state index contributed by atoms with van der Waals surface area (Å²) in [6.07, 6.45) is 2.95. The van der Waals surface area contributed by atoms with E-state index in [9.17, 15) is 0 Å². The van der Waals surface area contributed by atoms with E-state index >= 15 is 0 Å². The van der Waals surface area contributed by atoms with Crippen LogP contribution in [-0.4, -0.2) is 69.0 Å². The maximum atomic E-state index is 5.81. The van der Waals surface area contributed by atoms with Crippen molar-refractivity contribution >= 4 is 5.96 Å². The zero-order valence-corrected chi connectivity index (χ0v) is 16.9. The van der Waals surface area contributed by atoms with Crippen molar-refractivity contribution in [1.82, 2.24) is 15.5 Å². The largest absolute Gasteiger partial charge is 0.381 e. The number of aliphatic imine (C=N–C) groups is 1. The number of hydrogen-bond acceptors (Lipinski definition) is 4. The molecule has 1 aromatic carbocycles. The highest BCUT2D eigenvalue weighted by atomic mass is 16.5. The fourth-order valence-electron chi connectivity index (χ4n) is 4.07. The smallest absolute Gasteiger partial charge is 0.191 e. The Morgan fingerprint density at radius 2 is 2.04 bits per heavy atom. The lowest BCUT2D eigenvalue weighted by Crippen LogP contribution is -2.52. The zero-order valence-electron chi connectivity index (χ0n) is 16.9. The minimum atomic E-state index is -0.155. The predicted molar refractivity (Wildman–Crippen MR) is 109 cm³/mol. The van der Waals surface area contributed by atoms with Crippen molar-refractivity contribution in [3.8, 4) is 0 Å². The second-order valence-corrected chi connectivity index (χ2v) is 7.77. The molecule has 27 heavy (non-hydrogen) atoms. The lowest BCUT2D eigenvalue weighted by Gasteiger charge is -2.36. The number of ether oxygens (including phenoxy) is 2. The number of hydrogen-bond donors (Lipinski definition) is 2. The highest BCUT2D eigenvalue weighted by Gasteiger charge is 2.33. The zero-order chi connectivity index (χ0) is 19.1. The Morgan fingerprint density at radius 1 is 1.30 bits per heavy atom. The first kappa shape index (κ1) is 20.1. The summed E-state index contributed by atoms with van der Waals surface area (Å²) < 4.78 is 11.3. The summed E-state index contributed by atoms with van der Waals surface area (Å²) in [4.78, 5) is 6.96. The van der Waals surface area contributed by atoms with Gasteiger partial charge in [-0.1, -0.05) is 30.3 Å². The van der Waals surface area contributed by atoms with E-state index in [1.54, 1.807) is 7.11 Å². The normalized spacial score (nSPS) is 26.1. The molecule has 2 atom stereocenters. The molecule has 6 nitrogen and oxygen atoms in total. The van der Waals surface area contributed by atoms with E-state index in [-0.39, 0.29) is 5.60 Å². The molecule has 0 bridgehead atoms. The van der Waals surface area contributed by atoms with Crippen molar-refractivity contribution in [3.05, 3.63) is 35.9 Å². The van der Waals surface area contributed by atoms with Crippen molar-refractivity contribution in [2.24, 2.45) is 4.99 Å². The van der Waals surface area contributed by atoms with Gasteiger partial charge in [-0.2, -0.15) is 0 Å². The van der Waals surface area contributed by atoms with Gasteiger partial charge in [0.1, 0.15) is 0 Å². The van der Waals surface area contributed by atoms with Gasteiger partial charge in [0.15, 0.2) is 5.96 Å². The van der Waals surface area contributed by atoms with E-state index in [4.69, 9.17) is 9.47 Å². The van der Waals surface area contributed by atoms with Crippen molar-refractivity contribution in [3.63, 3.8) is 0 Å². The molecule has 2 N–H and O–H groups in total. The molecule has 0 saturated carbocycles. The van der Waals surface area contributed by atoms with Gasteiger partial charge in [0.2, 0.25) is 0 Å². The van der Waals surface area contributed by atoms with Crippen LogP contribution in [0, 0.1) is 0 Å². The summed E-state index contributed by atoms with van der Waals surface area (Å²) in [5.74, 6) is 0.858. The first-order chi connectivity index (χ1) is 13.1. The van der Waals surface area contributed by atoms with Crippen LogP contribution in [0.1, 0.15) is 31.7 Å². The van der Waals surface area contributed by atoms with E-state index in [0.717, 1.165) is 58.1 Å². The summed E-state index contributed by atoms with van der Waals surface area (Å²) in [5.41, 5.74) is 1.21. The van der Waals surface area contributed by atoms with Crippen LogP contribution in [0.3, 0.4) is 0 Å². The maximum absolute atomic E-state index is 5.81. The molecule has 150 valence electrons. The molecule has 0 spiro atoms. The first-order valence-electron chi connectivity index (χ1n) is 10.0. The Morgan fingerprint density at radius 3 is 2.70 bits per heavy atom. The molecular weight excluding hydrogens is 340 g/mol. The molecule has 1 aromatic rings. The van der Waals surface area contributed by atoms with E-state index in [1.165, 1.54) is 5.56 Å². The van der Waals surface area contributed by atoms with Crippen LogP contribution in [0.4, 0.5) is 0 Å². The first-order valence-corrected chi connectivity index (χ1v) is 10.0. The van der Waals surface area contributed by atoms with Gasteiger partial charge in [-0.3, -0.25) is 9.89 Å². The van der Waals surface area contributed by atoms with Gasteiger partial charge in [0.25, 0.3) is 0 Å². The van der Waals surface area contributed by atoms with Crippen LogP contribution < -0.4 is 10.6 Å². The number of nitrogens with zero attached hydrogens (tertiary/aromatic N) is 2. The molecular formula is C21H34N4O2. The second-order valence-electron chi connectivity index (χ2n) is 7.77.